The minimum absolute atomic E-state index is 0.0949. The number of rotatable bonds is 2. The van der Waals surface area contributed by atoms with Gasteiger partial charge in [0.1, 0.15) is 0 Å². The first-order valence-corrected chi connectivity index (χ1v) is 3.52. The molecule has 0 aromatic carbocycles. The van der Waals surface area contributed by atoms with E-state index in [1.807, 2.05) is 0 Å². The third-order valence-corrected chi connectivity index (χ3v) is 2.44. The highest BCUT2D eigenvalue weighted by atomic mass is 79.9. The highest BCUT2D eigenvalue weighted by Gasteiger charge is 1.95. The molecule has 6 heavy (non-hydrogen) atoms. The van der Waals surface area contributed by atoms with Gasteiger partial charge in [0.15, 0.2) is 0 Å². The molecule has 0 bridgehead atoms. The summed E-state index contributed by atoms with van der Waals surface area (Å²) in [6, 6.07) is 0. The predicted molar refractivity (Wildman–Crippen MR) is 32.7 cm³/mol. The van der Waals surface area contributed by atoms with Crippen LogP contribution in [0.3, 0.4) is 0 Å². The SMILES string of the molecule is O[CH]C(Br)CBr. The van der Waals surface area contributed by atoms with Crippen LogP contribution >= 0.6 is 31.9 Å². The summed E-state index contributed by atoms with van der Waals surface area (Å²) in [5.41, 5.74) is 0. The minimum atomic E-state index is 0.0949. The number of aliphatic hydroxyl groups excluding tert-OH is 1. The number of alkyl halides is 2. The Labute approximate surface area is 54.0 Å². The summed E-state index contributed by atoms with van der Waals surface area (Å²) in [7, 11) is 0. The van der Waals surface area contributed by atoms with Crippen molar-refractivity contribution in [3.63, 3.8) is 0 Å². The van der Waals surface area contributed by atoms with E-state index in [2.05, 4.69) is 31.9 Å². The van der Waals surface area contributed by atoms with Crippen molar-refractivity contribution < 1.29 is 5.11 Å². The van der Waals surface area contributed by atoms with Gasteiger partial charge in [-0.05, 0) is 0 Å². The van der Waals surface area contributed by atoms with Crippen LogP contribution in [0.15, 0.2) is 0 Å². The Balaban J connectivity index is 2.75. The molecule has 0 aromatic heterocycles. The average Bonchev–Trinajstić information content (AvgIpc) is 1.65. The Hall–Kier alpha value is 0.920. The predicted octanol–water partition coefficient (Wildman–Crippen LogP) is 1.68. The maximum Gasteiger partial charge on any atom is 0.0943 e. The molecule has 0 amide bonds. The van der Waals surface area contributed by atoms with Gasteiger partial charge in [-0.1, -0.05) is 31.9 Å². The molecule has 1 N–H and O–H groups in total. The van der Waals surface area contributed by atoms with Crippen LogP contribution in [-0.4, -0.2) is 15.3 Å². The Morgan fingerprint density at radius 3 is 2.33 bits per heavy atom. The molecule has 1 atom stereocenters. The summed E-state index contributed by atoms with van der Waals surface area (Å²) < 4.78 is 0. The molecule has 0 saturated heterocycles. The van der Waals surface area contributed by atoms with Crippen LogP contribution in [0.2, 0.25) is 0 Å². The molecule has 0 saturated carbocycles. The van der Waals surface area contributed by atoms with Crippen LogP contribution in [0.1, 0.15) is 0 Å². The Kier molecular flexibility index (Phi) is 4.72. The third kappa shape index (κ3) is 3.12. The lowest BCUT2D eigenvalue weighted by Crippen LogP contribution is -1.96. The van der Waals surface area contributed by atoms with E-state index in [0.29, 0.717) is 0 Å². The summed E-state index contributed by atoms with van der Waals surface area (Å²) in [5.74, 6) is 0. The normalized spacial score (nSPS) is 14.5. The molecule has 0 aliphatic heterocycles. The van der Waals surface area contributed by atoms with Gasteiger partial charge < -0.3 is 5.11 Å². The molecule has 1 nitrogen and oxygen atoms in total. The van der Waals surface area contributed by atoms with E-state index in [1.165, 1.54) is 0 Å². The number of hydrogen-bond acceptors (Lipinski definition) is 1. The number of aliphatic hydroxyl groups is 1. The first-order valence-electron chi connectivity index (χ1n) is 1.49. The lowest BCUT2D eigenvalue weighted by Gasteiger charge is -1.93. The van der Waals surface area contributed by atoms with Crippen molar-refractivity contribution in [2.45, 2.75) is 4.83 Å². The summed E-state index contributed by atoms with van der Waals surface area (Å²) in [6.45, 7) is 1.09. The van der Waals surface area contributed by atoms with Crippen LogP contribution in [-0.2, 0) is 0 Å². The topological polar surface area (TPSA) is 20.2 Å². The summed E-state index contributed by atoms with van der Waals surface area (Å²) in [5, 5.41) is 8.89. The molecule has 0 heterocycles. The van der Waals surface area contributed by atoms with E-state index >= 15 is 0 Å². The van der Waals surface area contributed by atoms with Gasteiger partial charge in [-0.2, -0.15) is 0 Å². The molecular weight excluding hydrogens is 212 g/mol. The van der Waals surface area contributed by atoms with Crippen molar-refractivity contribution in [2.75, 3.05) is 5.33 Å². The third-order valence-electron chi connectivity index (χ3n) is 0.309. The Bertz CT molecular complexity index is 28.0. The van der Waals surface area contributed by atoms with Gasteiger partial charge in [0.25, 0.3) is 0 Å². The fourth-order valence-corrected chi connectivity index (χ4v) is 0.207. The van der Waals surface area contributed by atoms with Crippen molar-refractivity contribution in [2.24, 2.45) is 0 Å². The monoisotopic (exact) mass is 215 g/mol. The molecule has 1 unspecified atom stereocenters. The first kappa shape index (κ1) is 6.92. The van der Waals surface area contributed by atoms with Gasteiger partial charge >= 0.3 is 0 Å². The maximum atomic E-state index is 8.13. The molecular formula is C3H5Br2O. The van der Waals surface area contributed by atoms with Gasteiger partial charge in [0, 0.05) is 5.33 Å². The van der Waals surface area contributed by atoms with Gasteiger partial charge in [-0.25, -0.2) is 0 Å². The zero-order valence-electron chi connectivity index (χ0n) is 3.06. The molecule has 0 aliphatic rings. The highest BCUT2D eigenvalue weighted by molar-refractivity contribution is 9.12. The molecule has 37 valence electrons. The van der Waals surface area contributed by atoms with Gasteiger partial charge in [0.05, 0.1) is 11.4 Å². The Morgan fingerprint density at radius 2 is 2.33 bits per heavy atom. The van der Waals surface area contributed by atoms with Gasteiger partial charge in [-0.15, -0.1) is 0 Å². The lowest BCUT2D eigenvalue weighted by atomic mass is 10.5. The molecule has 1 radical (unpaired) electrons. The summed E-state index contributed by atoms with van der Waals surface area (Å²) in [4.78, 5) is 0.0949. The molecule has 0 spiro atoms. The standard InChI is InChI=1S/C3H5Br2O/c4-1-3(5)2-6/h2-3,6H,1H2. The summed E-state index contributed by atoms with van der Waals surface area (Å²) in [6.07, 6.45) is 0. The van der Waals surface area contributed by atoms with Gasteiger partial charge in [0.2, 0.25) is 0 Å². The van der Waals surface area contributed by atoms with E-state index in [4.69, 9.17) is 5.11 Å². The van der Waals surface area contributed by atoms with Crippen LogP contribution in [0, 0.1) is 6.61 Å². The van der Waals surface area contributed by atoms with E-state index in [-0.39, 0.29) is 4.83 Å². The van der Waals surface area contributed by atoms with Crippen LogP contribution in [0.25, 0.3) is 0 Å². The number of halogens is 2. The van der Waals surface area contributed by atoms with Crippen molar-refractivity contribution >= 4 is 31.9 Å². The maximum absolute atomic E-state index is 8.13. The van der Waals surface area contributed by atoms with E-state index < -0.39 is 0 Å². The second-order valence-electron chi connectivity index (χ2n) is 0.819. The van der Waals surface area contributed by atoms with Crippen molar-refractivity contribution in [3.05, 3.63) is 6.61 Å². The fourth-order valence-electron chi connectivity index (χ4n) is 0.0398. The lowest BCUT2D eigenvalue weighted by molar-refractivity contribution is 0.388. The first-order chi connectivity index (χ1) is 2.81. The van der Waals surface area contributed by atoms with Crippen molar-refractivity contribution in [1.29, 1.82) is 0 Å². The molecule has 0 aliphatic carbocycles. The molecule has 0 fully saturated rings. The van der Waals surface area contributed by atoms with Crippen molar-refractivity contribution in [1.82, 2.24) is 0 Å². The Morgan fingerprint density at radius 1 is 1.83 bits per heavy atom. The second-order valence-corrected chi connectivity index (χ2v) is 2.64. The largest absolute Gasteiger partial charge is 0.389 e. The van der Waals surface area contributed by atoms with Crippen LogP contribution in [0.4, 0.5) is 0 Å². The van der Waals surface area contributed by atoms with E-state index in [1.54, 1.807) is 0 Å². The second kappa shape index (κ2) is 4.09. The smallest absolute Gasteiger partial charge is 0.0943 e. The highest BCUT2D eigenvalue weighted by Crippen LogP contribution is 2.03. The molecule has 0 rings (SSSR count). The summed E-state index contributed by atoms with van der Waals surface area (Å²) >= 11 is 6.26. The van der Waals surface area contributed by atoms with Gasteiger partial charge in [-0.3, -0.25) is 0 Å². The van der Waals surface area contributed by atoms with Crippen molar-refractivity contribution in [3.8, 4) is 0 Å². The fraction of sp³-hybridized carbons (Fsp3) is 0.667. The minimum Gasteiger partial charge on any atom is -0.389 e. The molecule has 3 heteroatoms. The van der Waals surface area contributed by atoms with E-state index in [9.17, 15) is 0 Å². The molecule has 0 aromatic rings. The van der Waals surface area contributed by atoms with E-state index in [0.717, 1.165) is 11.9 Å². The van der Waals surface area contributed by atoms with Crippen LogP contribution < -0.4 is 0 Å². The number of hydrogen-bond donors (Lipinski definition) is 1. The van der Waals surface area contributed by atoms with Crippen LogP contribution in [0.5, 0.6) is 0 Å². The zero-order chi connectivity index (χ0) is 4.99. The average molecular weight is 217 g/mol. The zero-order valence-corrected chi connectivity index (χ0v) is 6.24. The quantitative estimate of drug-likeness (QED) is 0.697.